The first-order valence-electron chi connectivity index (χ1n) is 7.07. The van der Waals surface area contributed by atoms with E-state index in [2.05, 4.69) is 17.1 Å². The summed E-state index contributed by atoms with van der Waals surface area (Å²) in [7, 11) is 0. The molecule has 3 rings (SSSR count). The fourth-order valence-corrected chi connectivity index (χ4v) is 2.98. The summed E-state index contributed by atoms with van der Waals surface area (Å²) in [6, 6.07) is 6.85. The number of H-pyrrole nitrogens is 1. The average Bonchev–Trinajstić information content (AvgIpc) is 2.67. The average molecular weight is 258 g/mol. The second-order valence-corrected chi connectivity index (χ2v) is 5.40. The number of nitrogens with one attached hydrogen (secondary N) is 1. The third-order valence-corrected chi connectivity index (χ3v) is 4.10. The van der Waals surface area contributed by atoms with Gasteiger partial charge in [0.2, 0.25) is 0 Å². The molecule has 0 bridgehead atoms. The van der Waals surface area contributed by atoms with Crippen LogP contribution in [0.3, 0.4) is 0 Å². The largest absolute Gasteiger partial charge is 0.282 e. The Morgan fingerprint density at radius 3 is 2.89 bits per heavy atom. The Labute approximate surface area is 113 Å². The van der Waals surface area contributed by atoms with Gasteiger partial charge in [-0.1, -0.05) is 25.5 Å². The molecule has 2 aromatic rings. The molecule has 0 spiro atoms. The molecule has 0 aliphatic heterocycles. The van der Waals surface area contributed by atoms with E-state index >= 15 is 0 Å². The van der Waals surface area contributed by atoms with Gasteiger partial charge in [0, 0.05) is 11.6 Å². The molecule has 1 aliphatic rings. The van der Waals surface area contributed by atoms with Gasteiger partial charge in [-0.25, -0.2) is 4.39 Å². The molecular formula is C16H19FN2. The second-order valence-electron chi connectivity index (χ2n) is 5.40. The van der Waals surface area contributed by atoms with Gasteiger partial charge in [0.1, 0.15) is 5.82 Å². The summed E-state index contributed by atoms with van der Waals surface area (Å²) in [4.78, 5) is 0. The number of benzene rings is 1. The fourth-order valence-electron chi connectivity index (χ4n) is 2.98. The highest BCUT2D eigenvalue weighted by Crippen LogP contribution is 2.30. The number of nitrogens with zero attached hydrogens (tertiary/aromatic N) is 1. The van der Waals surface area contributed by atoms with Crippen LogP contribution in [0, 0.1) is 5.82 Å². The summed E-state index contributed by atoms with van der Waals surface area (Å²) in [5.41, 5.74) is 4.76. The summed E-state index contributed by atoms with van der Waals surface area (Å²) in [5, 5.41) is 7.69. The van der Waals surface area contributed by atoms with Gasteiger partial charge < -0.3 is 0 Å². The van der Waals surface area contributed by atoms with Crippen molar-refractivity contribution in [3.8, 4) is 0 Å². The van der Waals surface area contributed by atoms with E-state index in [9.17, 15) is 4.39 Å². The molecule has 0 saturated heterocycles. The minimum absolute atomic E-state index is 0.147. The first-order valence-corrected chi connectivity index (χ1v) is 7.07. The smallest absolute Gasteiger partial charge is 0.123 e. The first-order chi connectivity index (χ1) is 9.25. The molecule has 1 unspecified atom stereocenters. The maximum absolute atomic E-state index is 13.3. The third kappa shape index (κ3) is 2.42. The van der Waals surface area contributed by atoms with Crippen molar-refractivity contribution in [1.82, 2.24) is 10.2 Å². The van der Waals surface area contributed by atoms with Gasteiger partial charge in [-0.05, 0) is 48.9 Å². The second kappa shape index (κ2) is 5.16. The van der Waals surface area contributed by atoms with E-state index in [1.54, 1.807) is 12.1 Å². The van der Waals surface area contributed by atoms with Crippen LogP contribution >= 0.6 is 0 Å². The molecule has 1 atom stereocenters. The Morgan fingerprint density at radius 1 is 1.21 bits per heavy atom. The predicted octanol–water partition coefficient (Wildman–Crippen LogP) is 3.97. The minimum atomic E-state index is -0.175. The molecule has 0 radical (unpaired) electrons. The van der Waals surface area contributed by atoms with Crippen LogP contribution in [0.2, 0.25) is 0 Å². The van der Waals surface area contributed by atoms with Gasteiger partial charge in [0.05, 0.1) is 5.69 Å². The fraction of sp³-hybridized carbons (Fsp3) is 0.438. The molecule has 0 fully saturated rings. The lowest BCUT2D eigenvalue weighted by molar-refractivity contribution is 0.623. The van der Waals surface area contributed by atoms with Crippen molar-refractivity contribution >= 4 is 0 Å². The molecule has 1 aliphatic carbocycles. The van der Waals surface area contributed by atoms with Crippen LogP contribution in [0.25, 0.3) is 0 Å². The van der Waals surface area contributed by atoms with Crippen molar-refractivity contribution < 1.29 is 4.39 Å². The van der Waals surface area contributed by atoms with Crippen LogP contribution in [0.5, 0.6) is 0 Å². The number of hydrogen-bond acceptors (Lipinski definition) is 1. The summed E-state index contributed by atoms with van der Waals surface area (Å²) in [5.74, 6) is -0.0280. The molecule has 1 N–H and O–H groups in total. The van der Waals surface area contributed by atoms with E-state index in [1.165, 1.54) is 36.6 Å². The minimum Gasteiger partial charge on any atom is -0.282 e. The van der Waals surface area contributed by atoms with Crippen LogP contribution in [0.15, 0.2) is 24.3 Å². The molecule has 1 heterocycles. The Hall–Kier alpha value is -1.64. The lowest BCUT2D eigenvalue weighted by Gasteiger charge is -2.12. The zero-order valence-corrected chi connectivity index (χ0v) is 11.2. The lowest BCUT2D eigenvalue weighted by atomic mass is 9.93. The Bertz CT molecular complexity index is 574. The molecule has 1 aromatic heterocycles. The Balaban J connectivity index is 1.96. The van der Waals surface area contributed by atoms with Crippen LogP contribution in [-0.4, -0.2) is 10.2 Å². The van der Waals surface area contributed by atoms with Crippen LogP contribution < -0.4 is 0 Å². The normalized spacial score (nSPS) is 16.7. The molecule has 19 heavy (non-hydrogen) atoms. The summed E-state index contributed by atoms with van der Waals surface area (Å²) in [6.45, 7) is 2.11. The van der Waals surface area contributed by atoms with Crippen LogP contribution in [0.4, 0.5) is 4.39 Å². The van der Waals surface area contributed by atoms with Crippen molar-refractivity contribution in [1.29, 1.82) is 0 Å². The van der Waals surface area contributed by atoms with Crippen LogP contribution in [0.1, 0.15) is 54.6 Å². The summed E-state index contributed by atoms with van der Waals surface area (Å²) < 4.78 is 13.3. The van der Waals surface area contributed by atoms with Gasteiger partial charge >= 0.3 is 0 Å². The molecule has 2 nitrogen and oxygen atoms in total. The lowest BCUT2D eigenvalue weighted by Crippen LogP contribution is -2.01. The number of aromatic amines is 1. The highest BCUT2D eigenvalue weighted by Gasteiger charge is 2.21. The van der Waals surface area contributed by atoms with Crippen LogP contribution in [-0.2, 0) is 12.8 Å². The van der Waals surface area contributed by atoms with E-state index in [0.29, 0.717) is 0 Å². The molecule has 0 amide bonds. The van der Waals surface area contributed by atoms with E-state index in [1.807, 2.05) is 6.07 Å². The molecule has 3 heteroatoms. The van der Waals surface area contributed by atoms with E-state index in [-0.39, 0.29) is 11.7 Å². The van der Waals surface area contributed by atoms with E-state index in [0.717, 1.165) is 24.1 Å². The van der Waals surface area contributed by atoms with Crippen molar-refractivity contribution in [3.05, 3.63) is 52.6 Å². The van der Waals surface area contributed by atoms with Crippen molar-refractivity contribution in [2.75, 3.05) is 0 Å². The van der Waals surface area contributed by atoms with Crippen molar-refractivity contribution in [2.24, 2.45) is 0 Å². The molecule has 1 aromatic carbocycles. The maximum atomic E-state index is 13.3. The SMILES string of the molecule is CC(c1cccc(F)c1)c1n[nH]c2c1CCCCC2. The molecular weight excluding hydrogens is 239 g/mol. The predicted molar refractivity (Wildman–Crippen MR) is 73.8 cm³/mol. The number of rotatable bonds is 2. The molecule has 0 saturated carbocycles. The third-order valence-electron chi connectivity index (χ3n) is 4.10. The number of hydrogen-bond donors (Lipinski definition) is 1. The van der Waals surface area contributed by atoms with Crippen molar-refractivity contribution in [3.63, 3.8) is 0 Å². The Morgan fingerprint density at radius 2 is 2.05 bits per heavy atom. The van der Waals surface area contributed by atoms with Gasteiger partial charge in [0.25, 0.3) is 0 Å². The monoisotopic (exact) mass is 258 g/mol. The number of aryl methyl sites for hydroxylation is 1. The number of fused-ring (bicyclic) bond motifs is 1. The van der Waals surface area contributed by atoms with Gasteiger partial charge in [-0.3, -0.25) is 5.10 Å². The van der Waals surface area contributed by atoms with E-state index in [4.69, 9.17) is 0 Å². The van der Waals surface area contributed by atoms with Gasteiger partial charge in [-0.2, -0.15) is 5.10 Å². The summed E-state index contributed by atoms with van der Waals surface area (Å²) in [6.07, 6.45) is 5.95. The van der Waals surface area contributed by atoms with Gasteiger partial charge in [-0.15, -0.1) is 0 Å². The zero-order valence-electron chi connectivity index (χ0n) is 11.2. The Kier molecular flexibility index (Phi) is 3.36. The zero-order chi connectivity index (χ0) is 13.2. The quantitative estimate of drug-likeness (QED) is 0.811. The van der Waals surface area contributed by atoms with Crippen molar-refractivity contribution in [2.45, 2.75) is 44.9 Å². The maximum Gasteiger partial charge on any atom is 0.123 e. The summed E-state index contributed by atoms with van der Waals surface area (Å²) >= 11 is 0. The first kappa shape index (κ1) is 12.4. The van der Waals surface area contributed by atoms with E-state index < -0.39 is 0 Å². The molecule has 100 valence electrons. The highest BCUT2D eigenvalue weighted by atomic mass is 19.1. The van der Waals surface area contributed by atoms with Gasteiger partial charge in [0.15, 0.2) is 0 Å². The standard InChI is InChI=1S/C16H19FN2/c1-11(12-6-5-7-13(17)10-12)16-14-8-3-2-4-9-15(14)18-19-16/h5-7,10-11H,2-4,8-9H2,1H3,(H,18,19). The number of halogens is 1. The highest BCUT2D eigenvalue weighted by molar-refractivity contribution is 5.36. The topological polar surface area (TPSA) is 28.7 Å². The number of aromatic nitrogens is 2.